The SMILES string of the molecule is CCCCn1c(SCC(=O)N(C)Cc2ccc(F)cc2)nc(C)c1C. The van der Waals surface area contributed by atoms with Gasteiger partial charge in [-0.25, -0.2) is 9.37 Å². The predicted molar refractivity (Wildman–Crippen MR) is 100 cm³/mol. The molecule has 4 nitrogen and oxygen atoms in total. The highest BCUT2D eigenvalue weighted by Crippen LogP contribution is 2.22. The number of benzene rings is 1. The molecule has 1 amide bonds. The van der Waals surface area contributed by atoms with Gasteiger partial charge in [-0.1, -0.05) is 37.2 Å². The maximum absolute atomic E-state index is 13.0. The zero-order chi connectivity index (χ0) is 18.4. The van der Waals surface area contributed by atoms with Crippen molar-refractivity contribution in [3.05, 3.63) is 47.0 Å². The summed E-state index contributed by atoms with van der Waals surface area (Å²) in [6, 6.07) is 6.24. The Morgan fingerprint density at radius 3 is 2.60 bits per heavy atom. The molecule has 0 bridgehead atoms. The molecule has 0 unspecified atom stereocenters. The number of unbranched alkanes of at least 4 members (excludes halogenated alkanes) is 1. The molecule has 0 saturated carbocycles. The minimum Gasteiger partial charge on any atom is -0.341 e. The molecule has 0 N–H and O–H groups in total. The van der Waals surface area contributed by atoms with Gasteiger partial charge in [0.25, 0.3) is 0 Å². The molecule has 0 spiro atoms. The second-order valence-corrected chi connectivity index (χ2v) is 7.18. The molecular formula is C19H26FN3OS. The molecule has 1 aromatic carbocycles. The molecule has 1 heterocycles. The highest BCUT2D eigenvalue weighted by Gasteiger charge is 2.15. The van der Waals surface area contributed by atoms with E-state index in [0.29, 0.717) is 12.3 Å². The van der Waals surface area contributed by atoms with Gasteiger partial charge in [0.05, 0.1) is 11.4 Å². The monoisotopic (exact) mass is 363 g/mol. The first-order valence-corrected chi connectivity index (χ1v) is 9.55. The van der Waals surface area contributed by atoms with Crippen molar-refractivity contribution in [2.75, 3.05) is 12.8 Å². The molecule has 0 atom stereocenters. The van der Waals surface area contributed by atoms with Crippen LogP contribution in [0.1, 0.15) is 36.7 Å². The molecule has 0 fully saturated rings. The number of aromatic nitrogens is 2. The van der Waals surface area contributed by atoms with E-state index in [1.165, 1.54) is 29.6 Å². The fraction of sp³-hybridized carbons (Fsp3) is 0.474. The van der Waals surface area contributed by atoms with E-state index < -0.39 is 0 Å². The molecule has 0 saturated heterocycles. The Balaban J connectivity index is 1.94. The number of carbonyl (C=O) groups is 1. The number of halogens is 1. The van der Waals surface area contributed by atoms with E-state index in [-0.39, 0.29) is 11.7 Å². The Morgan fingerprint density at radius 1 is 1.28 bits per heavy atom. The van der Waals surface area contributed by atoms with Crippen LogP contribution < -0.4 is 0 Å². The van der Waals surface area contributed by atoms with Gasteiger partial charge >= 0.3 is 0 Å². The van der Waals surface area contributed by atoms with E-state index in [1.807, 2.05) is 6.92 Å². The van der Waals surface area contributed by atoms with Crippen LogP contribution in [-0.4, -0.2) is 33.2 Å². The van der Waals surface area contributed by atoms with E-state index in [9.17, 15) is 9.18 Å². The number of thioether (sulfide) groups is 1. The van der Waals surface area contributed by atoms with Crippen LogP contribution >= 0.6 is 11.8 Å². The van der Waals surface area contributed by atoms with Crippen molar-refractivity contribution in [3.8, 4) is 0 Å². The number of amides is 1. The summed E-state index contributed by atoms with van der Waals surface area (Å²) in [7, 11) is 1.77. The highest BCUT2D eigenvalue weighted by molar-refractivity contribution is 7.99. The Bertz CT molecular complexity index is 712. The van der Waals surface area contributed by atoms with Crippen molar-refractivity contribution in [2.45, 2.75) is 51.9 Å². The number of hydrogen-bond acceptors (Lipinski definition) is 3. The molecule has 1 aromatic heterocycles. The van der Waals surface area contributed by atoms with Gasteiger partial charge in [-0.15, -0.1) is 0 Å². The van der Waals surface area contributed by atoms with Gasteiger partial charge in [0.15, 0.2) is 5.16 Å². The summed E-state index contributed by atoms with van der Waals surface area (Å²) in [5, 5.41) is 0.909. The number of aryl methyl sites for hydroxylation is 1. The quantitative estimate of drug-likeness (QED) is 0.660. The normalized spacial score (nSPS) is 10.9. The molecule has 25 heavy (non-hydrogen) atoms. The van der Waals surface area contributed by atoms with Gasteiger partial charge in [0, 0.05) is 25.8 Å². The van der Waals surface area contributed by atoms with Gasteiger partial charge in [0.1, 0.15) is 5.82 Å². The summed E-state index contributed by atoms with van der Waals surface area (Å²) in [6.45, 7) is 7.65. The molecule has 2 aromatic rings. The molecule has 0 aliphatic heterocycles. The first-order chi connectivity index (χ1) is 11.9. The van der Waals surface area contributed by atoms with Crippen molar-refractivity contribution in [1.82, 2.24) is 14.5 Å². The van der Waals surface area contributed by atoms with Gasteiger partial charge in [-0.05, 0) is 38.0 Å². The number of hydrogen-bond donors (Lipinski definition) is 0. The lowest BCUT2D eigenvalue weighted by molar-refractivity contribution is -0.127. The Labute approximate surface area is 153 Å². The third-order valence-corrected chi connectivity index (χ3v) is 5.20. The fourth-order valence-electron chi connectivity index (χ4n) is 2.50. The third kappa shape index (κ3) is 5.33. The summed E-state index contributed by atoms with van der Waals surface area (Å²) in [5.74, 6) is 0.118. The van der Waals surface area contributed by atoms with Crippen LogP contribution in [0.25, 0.3) is 0 Å². The van der Waals surface area contributed by atoms with Gasteiger partial charge in [-0.2, -0.15) is 0 Å². The van der Waals surface area contributed by atoms with E-state index >= 15 is 0 Å². The minimum absolute atomic E-state index is 0.0367. The lowest BCUT2D eigenvalue weighted by Crippen LogP contribution is -2.27. The fourth-order valence-corrected chi connectivity index (χ4v) is 3.56. The first kappa shape index (κ1) is 19.5. The Morgan fingerprint density at radius 2 is 1.96 bits per heavy atom. The maximum Gasteiger partial charge on any atom is 0.233 e. The molecule has 136 valence electrons. The summed E-state index contributed by atoms with van der Waals surface area (Å²) in [5.41, 5.74) is 3.10. The van der Waals surface area contributed by atoms with E-state index in [4.69, 9.17) is 0 Å². The van der Waals surface area contributed by atoms with Crippen LogP contribution in [0.3, 0.4) is 0 Å². The van der Waals surface area contributed by atoms with Crippen molar-refractivity contribution < 1.29 is 9.18 Å². The van der Waals surface area contributed by atoms with E-state index in [1.54, 1.807) is 24.1 Å². The summed E-state index contributed by atoms with van der Waals surface area (Å²) < 4.78 is 15.2. The topological polar surface area (TPSA) is 38.1 Å². The molecule has 2 rings (SSSR count). The lowest BCUT2D eigenvalue weighted by atomic mass is 10.2. The van der Waals surface area contributed by atoms with Crippen molar-refractivity contribution >= 4 is 17.7 Å². The second kappa shape index (κ2) is 9.04. The number of carbonyl (C=O) groups excluding carboxylic acids is 1. The number of imidazole rings is 1. The van der Waals surface area contributed by atoms with E-state index in [0.717, 1.165) is 35.8 Å². The van der Waals surface area contributed by atoms with Gasteiger partial charge in [-0.3, -0.25) is 4.79 Å². The number of rotatable bonds is 8. The van der Waals surface area contributed by atoms with Crippen LogP contribution in [0, 0.1) is 19.7 Å². The Kier molecular flexibility index (Phi) is 7.05. The van der Waals surface area contributed by atoms with Crippen LogP contribution in [0.5, 0.6) is 0 Å². The van der Waals surface area contributed by atoms with Crippen molar-refractivity contribution in [1.29, 1.82) is 0 Å². The first-order valence-electron chi connectivity index (χ1n) is 8.57. The van der Waals surface area contributed by atoms with Crippen LogP contribution in [0.2, 0.25) is 0 Å². The van der Waals surface area contributed by atoms with Gasteiger partial charge in [0.2, 0.25) is 5.91 Å². The van der Waals surface area contributed by atoms with Crippen molar-refractivity contribution in [2.24, 2.45) is 0 Å². The van der Waals surface area contributed by atoms with E-state index in [2.05, 4.69) is 23.4 Å². The average Bonchev–Trinajstić information content (AvgIpc) is 2.86. The summed E-state index contributed by atoms with van der Waals surface area (Å²) in [6.07, 6.45) is 2.22. The standard InChI is InChI=1S/C19H26FN3OS/c1-5-6-11-23-15(3)14(2)21-19(23)25-13-18(24)22(4)12-16-7-9-17(20)10-8-16/h7-10H,5-6,11-13H2,1-4H3. The highest BCUT2D eigenvalue weighted by atomic mass is 32.2. The largest absolute Gasteiger partial charge is 0.341 e. The van der Waals surface area contributed by atoms with Gasteiger partial charge < -0.3 is 9.47 Å². The second-order valence-electron chi connectivity index (χ2n) is 6.24. The smallest absolute Gasteiger partial charge is 0.233 e. The summed E-state index contributed by atoms with van der Waals surface area (Å²) in [4.78, 5) is 18.7. The zero-order valence-electron chi connectivity index (χ0n) is 15.4. The van der Waals surface area contributed by atoms with Crippen LogP contribution in [0.15, 0.2) is 29.4 Å². The summed E-state index contributed by atoms with van der Waals surface area (Å²) >= 11 is 1.48. The lowest BCUT2D eigenvalue weighted by Gasteiger charge is -2.17. The van der Waals surface area contributed by atoms with Crippen molar-refractivity contribution in [3.63, 3.8) is 0 Å². The maximum atomic E-state index is 13.0. The molecule has 0 radical (unpaired) electrons. The Hall–Kier alpha value is -1.82. The predicted octanol–water partition coefficient (Wildman–Crippen LogP) is 4.19. The average molecular weight is 364 g/mol. The molecule has 6 heteroatoms. The third-order valence-electron chi connectivity index (χ3n) is 4.24. The molecule has 0 aliphatic carbocycles. The van der Waals surface area contributed by atoms with Crippen LogP contribution in [0.4, 0.5) is 4.39 Å². The zero-order valence-corrected chi connectivity index (χ0v) is 16.2. The molecular weight excluding hydrogens is 337 g/mol. The minimum atomic E-state index is -0.266. The van der Waals surface area contributed by atoms with Crippen LogP contribution in [-0.2, 0) is 17.9 Å². The molecule has 0 aliphatic rings. The number of nitrogens with zero attached hydrogens (tertiary/aromatic N) is 3.